The molecule has 2 N–H and O–H groups in total. The summed E-state index contributed by atoms with van der Waals surface area (Å²) in [6.45, 7) is 7.11. The summed E-state index contributed by atoms with van der Waals surface area (Å²) in [5.74, 6) is 3.40. The molecule has 29 heavy (non-hydrogen) atoms. The van der Waals surface area contributed by atoms with Crippen LogP contribution in [0.4, 0.5) is 0 Å². The largest absolute Gasteiger partial charge is 0.393 e. The second kappa shape index (κ2) is 6.79. The van der Waals surface area contributed by atoms with E-state index in [2.05, 4.69) is 18.8 Å². The minimum atomic E-state index is -0.782. The Morgan fingerprint density at radius 3 is 2.38 bits per heavy atom. The first-order valence-electron chi connectivity index (χ1n) is 12.1. The zero-order chi connectivity index (χ0) is 20.4. The van der Waals surface area contributed by atoms with Crippen molar-refractivity contribution >= 4 is 0 Å². The van der Waals surface area contributed by atoms with Crippen LogP contribution in [0.3, 0.4) is 0 Å². The predicted octanol–water partition coefficient (Wildman–Crippen LogP) is 5.31. The molecular weight excluding hydrogens is 358 g/mol. The zero-order valence-electron chi connectivity index (χ0n) is 18.5. The summed E-state index contributed by atoms with van der Waals surface area (Å²) in [4.78, 5) is 4.16. The Morgan fingerprint density at radius 1 is 0.931 bits per heavy atom. The third kappa shape index (κ3) is 2.86. The highest BCUT2D eigenvalue weighted by molar-refractivity contribution is 5.23. The van der Waals surface area contributed by atoms with Gasteiger partial charge in [0.2, 0.25) is 0 Å². The fraction of sp³-hybridized carbons (Fsp3) is 0.808. The maximum absolute atomic E-state index is 11.7. The molecule has 4 aliphatic rings. The van der Waals surface area contributed by atoms with E-state index in [0.717, 1.165) is 42.6 Å². The maximum Gasteiger partial charge on any atom is 0.0902 e. The van der Waals surface area contributed by atoms with E-state index in [1.54, 1.807) is 0 Å². The van der Waals surface area contributed by atoms with Gasteiger partial charge in [0.25, 0.3) is 0 Å². The van der Waals surface area contributed by atoms with E-state index < -0.39 is 5.60 Å². The normalized spacial score (nSPS) is 48.9. The molecule has 5 rings (SSSR count). The molecule has 0 radical (unpaired) electrons. The first-order chi connectivity index (χ1) is 13.8. The van der Waals surface area contributed by atoms with Crippen molar-refractivity contribution in [1.82, 2.24) is 4.98 Å². The molecule has 4 fully saturated rings. The van der Waals surface area contributed by atoms with E-state index in [-0.39, 0.29) is 11.5 Å². The molecule has 0 saturated heterocycles. The van der Waals surface area contributed by atoms with Gasteiger partial charge in [0.15, 0.2) is 0 Å². The van der Waals surface area contributed by atoms with Crippen LogP contribution in [-0.2, 0) is 5.60 Å². The number of hydrogen-bond acceptors (Lipinski definition) is 3. The van der Waals surface area contributed by atoms with Crippen LogP contribution in [0.2, 0.25) is 0 Å². The summed E-state index contributed by atoms with van der Waals surface area (Å²) >= 11 is 0. The van der Waals surface area contributed by atoms with Crippen molar-refractivity contribution in [3.63, 3.8) is 0 Å². The van der Waals surface area contributed by atoms with Crippen LogP contribution in [0.25, 0.3) is 0 Å². The van der Waals surface area contributed by atoms with E-state index in [0.29, 0.717) is 17.3 Å². The van der Waals surface area contributed by atoms with Crippen LogP contribution in [-0.4, -0.2) is 21.3 Å². The average Bonchev–Trinajstić information content (AvgIpc) is 3.07. The smallest absolute Gasteiger partial charge is 0.0902 e. The van der Waals surface area contributed by atoms with Crippen molar-refractivity contribution in [3.8, 4) is 0 Å². The molecule has 4 saturated carbocycles. The molecule has 1 heterocycles. The molecule has 160 valence electrons. The highest BCUT2D eigenvalue weighted by Gasteiger charge is 2.62. The monoisotopic (exact) mass is 397 g/mol. The first kappa shape index (κ1) is 20.0. The summed E-state index contributed by atoms with van der Waals surface area (Å²) in [7, 11) is 0. The third-order valence-electron chi connectivity index (χ3n) is 10.6. The summed E-state index contributed by atoms with van der Waals surface area (Å²) in [5, 5.41) is 21.9. The molecule has 0 amide bonds. The van der Waals surface area contributed by atoms with E-state index in [4.69, 9.17) is 0 Å². The Labute approximate surface area is 176 Å². The predicted molar refractivity (Wildman–Crippen MR) is 115 cm³/mol. The van der Waals surface area contributed by atoms with Gasteiger partial charge in [-0.15, -0.1) is 0 Å². The van der Waals surface area contributed by atoms with Gasteiger partial charge in [-0.3, -0.25) is 4.98 Å². The van der Waals surface area contributed by atoms with E-state index in [1.807, 2.05) is 31.5 Å². The Balaban J connectivity index is 1.43. The molecule has 3 heteroatoms. The minimum absolute atomic E-state index is 0.0650. The molecule has 1 aromatic heterocycles. The number of aliphatic hydroxyl groups is 2. The van der Waals surface area contributed by atoms with Gasteiger partial charge < -0.3 is 10.2 Å². The lowest BCUT2D eigenvalue weighted by molar-refractivity contribution is -0.145. The highest BCUT2D eigenvalue weighted by atomic mass is 16.3. The molecule has 0 unspecified atom stereocenters. The van der Waals surface area contributed by atoms with E-state index in [1.165, 1.54) is 38.5 Å². The van der Waals surface area contributed by atoms with Crippen LogP contribution < -0.4 is 0 Å². The number of aromatic nitrogens is 1. The van der Waals surface area contributed by atoms with Gasteiger partial charge in [-0.2, -0.15) is 0 Å². The van der Waals surface area contributed by atoms with Gasteiger partial charge >= 0.3 is 0 Å². The second-order valence-corrected chi connectivity index (χ2v) is 11.6. The number of fused-ring (bicyclic) bond motifs is 5. The zero-order valence-corrected chi connectivity index (χ0v) is 18.5. The van der Waals surface area contributed by atoms with Crippen molar-refractivity contribution in [1.29, 1.82) is 0 Å². The van der Waals surface area contributed by atoms with Crippen molar-refractivity contribution in [3.05, 3.63) is 30.1 Å². The number of hydrogen-bond donors (Lipinski definition) is 2. The highest BCUT2D eigenvalue weighted by Crippen LogP contribution is 2.69. The summed E-state index contributed by atoms with van der Waals surface area (Å²) in [6.07, 6.45) is 14.4. The van der Waals surface area contributed by atoms with Crippen molar-refractivity contribution in [2.45, 2.75) is 90.3 Å². The fourth-order valence-corrected chi connectivity index (χ4v) is 9.05. The Morgan fingerprint density at radius 2 is 1.62 bits per heavy atom. The third-order valence-corrected chi connectivity index (χ3v) is 10.6. The lowest BCUT2D eigenvalue weighted by Gasteiger charge is -2.61. The number of pyridine rings is 1. The van der Waals surface area contributed by atoms with Crippen molar-refractivity contribution in [2.75, 3.05) is 0 Å². The van der Waals surface area contributed by atoms with Crippen molar-refractivity contribution < 1.29 is 10.2 Å². The van der Waals surface area contributed by atoms with Gasteiger partial charge in [0.1, 0.15) is 0 Å². The molecule has 9 atom stereocenters. The summed E-state index contributed by atoms with van der Waals surface area (Å²) in [6, 6.07) is 4.00. The van der Waals surface area contributed by atoms with E-state index in [9.17, 15) is 10.2 Å². The van der Waals surface area contributed by atoms with Gasteiger partial charge in [0.05, 0.1) is 11.7 Å². The SMILES string of the molecule is C[C@]12CC[C@H](O)C[C@@H]1CC[C@@H]1[C@@H]2CC[C@@]2(C)[C@H]1CC[C@@H]2[C@@](C)(O)c1ccncc1. The average molecular weight is 398 g/mol. The Hall–Kier alpha value is -0.930. The van der Waals surface area contributed by atoms with Gasteiger partial charge in [-0.25, -0.2) is 0 Å². The molecule has 1 aromatic rings. The molecule has 4 aliphatic carbocycles. The Kier molecular flexibility index (Phi) is 4.68. The van der Waals surface area contributed by atoms with Gasteiger partial charge in [-0.1, -0.05) is 13.8 Å². The first-order valence-corrected chi connectivity index (χ1v) is 12.1. The molecular formula is C26H39NO2. The lowest BCUT2D eigenvalue weighted by atomic mass is 9.44. The Bertz CT molecular complexity index is 748. The fourth-order valence-electron chi connectivity index (χ4n) is 9.05. The number of nitrogens with zero attached hydrogens (tertiary/aromatic N) is 1. The van der Waals surface area contributed by atoms with Crippen LogP contribution in [0.1, 0.15) is 84.1 Å². The standard InChI is InChI=1S/C26H39NO2/c1-24-12-8-19(28)16-18(24)4-5-20-21-6-7-23(25(21,2)13-9-22(20)24)26(3,29)17-10-14-27-15-11-17/h10-11,14-15,18-23,28-29H,4-9,12-13,16H2,1-3H3/t18-,19-,20-,21-,22-,23-,24-,25-,26-/m0/s1. The van der Waals surface area contributed by atoms with E-state index >= 15 is 0 Å². The molecule has 0 aromatic carbocycles. The second-order valence-electron chi connectivity index (χ2n) is 11.6. The lowest BCUT2D eigenvalue weighted by Crippen LogP contribution is -2.55. The molecule has 0 bridgehead atoms. The minimum Gasteiger partial charge on any atom is -0.393 e. The van der Waals surface area contributed by atoms with Gasteiger partial charge in [0, 0.05) is 12.4 Å². The summed E-state index contributed by atoms with van der Waals surface area (Å²) in [5.41, 5.74) is 0.897. The van der Waals surface area contributed by atoms with Crippen molar-refractivity contribution in [2.24, 2.45) is 40.4 Å². The molecule has 0 aliphatic heterocycles. The van der Waals surface area contributed by atoms with Crippen LogP contribution in [0.15, 0.2) is 24.5 Å². The molecule has 0 spiro atoms. The van der Waals surface area contributed by atoms with Gasteiger partial charge in [-0.05, 0) is 123 Å². The topological polar surface area (TPSA) is 53.4 Å². The number of rotatable bonds is 2. The maximum atomic E-state index is 11.7. The number of aliphatic hydroxyl groups excluding tert-OH is 1. The summed E-state index contributed by atoms with van der Waals surface area (Å²) < 4.78 is 0. The quantitative estimate of drug-likeness (QED) is 0.711. The molecule has 3 nitrogen and oxygen atoms in total. The van der Waals surface area contributed by atoms with Crippen LogP contribution in [0, 0.1) is 40.4 Å². The van der Waals surface area contributed by atoms with Crippen LogP contribution in [0.5, 0.6) is 0 Å². The van der Waals surface area contributed by atoms with Crippen LogP contribution >= 0.6 is 0 Å².